The molecule has 1 atom stereocenters. The van der Waals surface area contributed by atoms with Crippen molar-refractivity contribution in [3.05, 3.63) is 53.6 Å². The fourth-order valence-corrected chi connectivity index (χ4v) is 3.18. The van der Waals surface area contributed by atoms with Crippen molar-refractivity contribution in [1.82, 2.24) is 10.6 Å². The van der Waals surface area contributed by atoms with Gasteiger partial charge in [-0.1, -0.05) is 24.3 Å². The molecule has 1 aliphatic heterocycles. The maximum absolute atomic E-state index is 12.0. The second-order valence-corrected chi connectivity index (χ2v) is 6.57. The van der Waals surface area contributed by atoms with Gasteiger partial charge in [-0.05, 0) is 42.2 Å². The van der Waals surface area contributed by atoms with E-state index in [4.69, 9.17) is 14.2 Å². The van der Waals surface area contributed by atoms with Crippen molar-refractivity contribution < 1.29 is 19.0 Å². The van der Waals surface area contributed by atoms with Crippen LogP contribution in [-0.4, -0.2) is 39.9 Å². The van der Waals surface area contributed by atoms with Gasteiger partial charge in [0, 0.05) is 19.0 Å². The summed E-state index contributed by atoms with van der Waals surface area (Å²) >= 11 is 0. The number of urea groups is 1. The van der Waals surface area contributed by atoms with Crippen LogP contribution in [0.5, 0.6) is 17.2 Å². The van der Waals surface area contributed by atoms with Gasteiger partial charge in [0.2, 0.25) is 0 Å². The Bertz CT molecular complexity index is 779. The molecule has 0 saturated carbocycles. The number of rotatable bonds is 7. The lowest BCUT2D eigenvalue weighted by molar-refractivity contribution is 0.211. The first-order chi connectivity index (χ1) is 13.2. The molecule has 0 spiro atoms. The zero-order valence-electron chi connectivity index (χ0n) is 15.8. The van der Waals surface area contributed by atoms with Crippen LogP contribution in [0.4, 0.5) is 4.79 Å². The summed E-state index contributed by atoms with van der Waals surface area (Å²) in [5.41, 5.74) is 2.27. The van der Waals surface area contributed by atoms with Crippen molar-refractivity contribution in [1.29, 1.82) is 0 Å². The molecule has 1 unspecified atom stereocenters. The Morgan fingerprint density at radius 3 is 2.74 bits per heavy atom. The van der Waals surface area contributed by atoms with E-state index in [1.54, 1.807) is 14.2 Å². The number of amides is 2. The zero-order valence-corrected chi connectivity index (χ0v) is 15.8. The number of hydrogen-bond acceptors (Lipinski definition) is 4. The highest BCUT2D eigenvalue weighted by Gasteiger charge is 2.19. The normalized spacial score (nSPS) is 15.3. The molecular formula is C21H26N2O4. The molecule has 6 heteroatoms. The van der Waals surface area contributed by atoms with Crippen LogP contribution in [0.1, 0.15) is 11.1 Å². The summed E-state index contributed by atoms with van der Waals surface area (Å²) < 4.78 is 16.3. The van der Waals surface area contributed by atoms with Crippen LogP contribution in [0, 0.1) is 5.92 Å². The monoisotopic (exact) mass is 370 g/mol. The number of fused-ring (bicyclic) bond motifs is 1. The molecule has 2 amide bonds. The summed E-state index contributed by atoms with van der Waals surface area (Å²) in [6.07, 6.45) is 1.63. The van der Waals surface area contributed by atoms with E-state index in [0.717, 1.165) is 17.7 Å². The van der Waals surface area contributed by atoms with Gasteiger partial charge >= 0.3 is 6.03 Å². The number of benzene rings is 2. The SMILES string of the molecule is COc1ccc(CCNC(=O)NCC2COc3ccccc3C2)cc1OC. The first-order valence-corrected chi connectivity index (χ1v) is 9.13. The Balaban J connectivity index is 1.39. The third-order valence-electron chi connectivity index (χ3n) is 4.65. The van der Waals surface area contributed by atoms with E-state index in [1.807, 2.05) is 36.4 Å². The Morgan fingerprint density at radius 2 is 1.93 bits per heavy atom. The van der Waals surface area contributed by atoms with Crippen molar-refractivity contribution in [2.24, 2.45) is 5.92 Å². The van der Waals surface area contributed by atoms with Crippen LogP contribution in [0.15, 0.2) is 42.5 Å². The molecule has 0 fully saturated rings. The summed E-state index contributed by atoms with van der Waals surface area (Å²) in [5.74, 6) is 2.63. The molecule has 1 heterocycles. The summed E-state index contributed by atoms with van der Waals surface area (Å²) in [6.45, 7) is 1.77. The average molecular weight is 370 g/mol. The molecule has 0 bridgehead atoms. The van der Waals surface area contributed by atoms with E-state index in [2.05, 4.69) is 16.7 Å². The van der Waals surface area contributed by atoms with E-state index < -0.39 is 0 Å². The number of hydrogen-bond donors (Lipinski definition) is 2. The van der Waals surface area contributed by atoms with Gasteiger partial charge in [0.1, 0.15) is 5.75 Å². The fraction of sp³-hybridized carbons (Fsp3) is 0.381. The predicted octanol–water partition coefficient (Wildman–Crippen LogP) is 2.80. The number of para-hydroxylation sites is 1. The van der Waals surface area contributed by atoms with Gasteiger partial charge in [0.15, 0.2) is 11.5 Å². The molecule has 3 rings (SSSR count). The number of ether oxygens (including phenoxy) is 3. The third-order valence-corrected chi connectivity index (χ3v) is 4.65. The van der Waals surface area contributed by atoms with Gasteiger partial charge in [-0.25, -0.2) is 4.79 Å². The molecule has 27 heavy (non-hydrogen) atoms. The minimum atomic E-state index is -0.158. The minimum absolute atomic E-state index is 0.158. The highest BCUT2D eigenvalue weighted by atomic mass is 16.5. The van der Waals surface area contributed by atoms with Crippen LogP contribution < -0.4 is 24.8 Å². The summed E-state index contributed by atoms with van der Waals surface area (Å²) in [4.78, 5) is 12.0. The molecule has 1 aliphatic rings. The van der Waals surface area contributed by atoms with Crippen molar-refractivity contribution in [2.45, 2.75) is 12.8 Å². The van der Waals surface area contributed by atoms with Gasteiger partial charge in [-0.15, -0.1) is 0 Å². The molecule has 0 aliphatic carbocycles. The lowest BCUT2D eigenvalue weighted by atomic mass is 9.97. The lowest BCUT2D eigenvalue weighted by Crippen LogP contribution is -2.41. The number of carbonyl (C=O) groups is 1. The number of nitrogens with one attached hydrogen (secondary N) is 2. The summed E-state index contributed by atoms with van der Waals surface area (Å²) in [5, 5.41) is 5.83. The van der Waals surface area contributed by atoms with Crippen molar-refractivity contribution in [3.63, 3.8) is 0 Å². The average Bonchev–Trinajstić information content (AvgIpc) is 2.72. The Labute approximate surface area is 159 Å². The van der Waals surface area contributed by atoms with Gasteiger partial charge in [-0.2, -0.15) is 0 Å². The van der Waals surface area contributed by atoms with Gasteiger partial charge in [0.05, 0.1) is 20.8 Å². The molecule has 0 saturated heterocycles. The van der Waals surface area contributed by atoms with Crippen molar-refractivity contribution in [3.8, 4) is 17.2 Å². The van der Waals surface area contributed by atoms with E-state index in [9.17, 15) is 4.79 Å². The maximum Gasteiger partial charge on any atom is 0.314 e. The lowest BCUT2D eigenvalue weighted by Gasteiger charge is -2.25. The van der Waals surface area contributed by atoms with Crippen LogP contribution in [0.2, 0.25) is 0 Å². The number of carbonyl (C=O) groups excluding carboxylic acids is 1. The smallest absolute Gasteiger partial charge is 0.314 e. The molecule has 2 aromatic rings. The fourth-order valence-electron chi connectivity index (χ4n) is 3.18. The Morgan fingerprint density at radius 1 is 1.11 bits per heavy atom. The molecular weight excluding hydrogens is 344 g/mol. The first kappa shape index (κ1) is 18.9. The van der Waals surface area contributed by atoms with Gasteiger partial charge in [-0.3, -0.25) is 0 Å². The highest BCUT2D eigenvalue weighted by Crippen LogP contribution is 2.28. The Kier molecular flexibility index (Phi) is 6.41. The molecule has 2 N–H and O–H groups in total. The maximum atomic E-state index is 12.0. The predicted molar refractivity (Wildman–Crippen MR) is 104 cm³/mol. The highest BCUT2D eigenvalue weighted by molar-refractivity contribution is 5.73. The largest absolute Gasteiger partial charge is 0.493 e. The van der Waals surface area contributed by atoms with Gasteiger partial charge in [0.25, 0.3) is 0 Å². The molecule has 6 nitrogen and oxygen atoms in total. The molecule has 0 radical (unpaired) electrons. The summed E-state index contributed by atoms with van der Waals surface area (Å²) in [6, 6.07) is 13.7. The minimum Gasteiger partial charge on any atom is -0.493 e. The second-order valence-electron chi connectivity index (χ2n) is 6.57. The van der Waals surface area contributed by atoms with Crippen molar-refractivity contribution in [2.75, 3.05) is 33.9 Å². The zero-order chi connectivity index (χ0) is 19.1. The van der Waals surface area contributed by atoms with Crippen LogP contribution >= 0.6 is 0 Å². The van der Waals surface area contributed by atoms with Crippen LogP contribution in [0.25, 0.3) is 0 Å². The van der Waals surface area contributed by atoms with Crippen LogP contribution in [-0.2, 0) is 12.8 Å². The topological polar surface area (TPSA) is 68.8 Å². The van der Waals surface area contributed by atoms with E-state index in [1.165, 1.54) is 5.56 Å². The van der Waals surface area contributed by atoms with E-state index in [-0.39, 0.29) is 11.9 Å². The van der Waals surface area contributed by atoms with E-state index >= 15 is 0 Å². The van der Waals surface area contributed by atoms with Gasteiger partial charge < -0.3 is 24.8 Å². The standard InChI is InChI=1S/C21H26N2O4/c1-25-19-8-7-15(12-20(19)26-2)9-10-22-21(24)23-13-16-11-17-5-3-4-6-18(17)27-14-16/h3-8,12,16H,9-11,13-14H2,1-2H3,(H2,22,23,24). The molecule has 144 valence electrons. The summed E-state index contributed by atoms with van der Waals surface area (Å²) in [7, 11) is 3.22. The quantitative estimate of drug-likeness (QED) is 0.786. The number of methoxy groups -OCH3 is 2. The Hall–Kier alpha value is -2.89. The van der Waals surface area contributed by atoms with Crippen LogP contribution in [0.3, 0.4) is 0 Å². The molecule has 0 aromatic heterocycles. The second kappa shape index (κ2) is 9.16. The third kappa shape index (κ3) is 5.06. The van der Waals surface area contributed by atoms with E-state index in [0.29, 0.717) is 37.6 Å². The molecule has 2 aromatic carbocycles. The van der Waals surface area contributed by atoms with Crippen molar-refractivity contribution >= 4 is 6.03 Å². The first-order valence-electron chi connectivity index (χ1n) is 9.13.